The summed E-state index contributed by atoms with van der Waals surface area (Å²) in [5.74, 6) is 0. The van der Waals surface area contributed by atoms with Crippen molar-refractivity contribution in [3.63, 3.8) is 0 Å². The van der Waals surface area contributed by atoms with Gasteiger partial charge in [-0.2, -0.15) is 0 Å². The van der Waals surface area contributed by atoms with Gasteiger partial charge >= 0.3 is 0 Å². The lowest BCUT2D eigenvalue weighted by Gasteiger charge is -2.31. The molecule has 374 valence electrons. The predicted molar refractivity (Wildman–Crippen MR) is 330 cm³/mol. The minimum atomic E-state index is -0.141. The molecule has 0 atom stereocenters. The van der Waals surface area contributed by atoms with Crippen molar-refractivity contribution in [3.05, 3.63) is 265 Å². The summed E-state index contributed by atoms with van der Waals surface area (Å²) in [4.78, 5) is 2.53. The smallest absolute Gasteiger partial charge is 0.0541 e. The highest BCUT2D eigenvalue weighted by atomic mass is 15.1. The Morgan fingerprint density at radius 1 is 0.351 bits per heavy atom. The molecule has 1 aliphatic carbocycles. The molecular weight excluding hydrogens is 929 g/mol. The molecule has 2 heteroatoms. The van der Waals surface area contributed by atoms with E-state index in [0.717, 1.165) is 33.9 Å². The zero-order chi connectivity index (χ0) is 52.8. The van der Waals surface area contributed by atoms with Gasteiger partial charge in [0.25, 0.3) is 0 Å². The number of aromatic nitrogens is 1. The van der Waals surface area contributed by atoms with Crippen LogP contribution in [0.2, 0.25) is 0 Å². The standard InChI is InChI=1S/C75H64N2/c1-73(2,3)54-43-53(44-55(48-54)74(4,5)6)59-33-21-23-49-24-22-34-64(72(49)59)62-31-14-18-37-69(62)77(68-36-17-13-29-58(68)52-39-41-61-60-30-12-16-35-66(60)75(7,8)67(61)47-52)57-28-20-25-50(45-57)51-40-42-71-65(46-51)63-32-15-19-38-70(63)76(71)56-26-10-9-11-27-56/h9-48H,1-8H3. The molecule has 0 bridgehead atoms. The van der Waals surface area contributed by atoms with Crippen LogP contribution in [-0.2, 0) is 16.2 Å². The normalized spacial score (nSPS) is 13.0. The van der Waals surface area contributed by atoms with Crippen molar-refractivity contribution in [3.8, 4) is 61.3 Å². The van der Waals surface area contributed by atoms with Gasteiger partial charge in [0.1, 0.15) is 0 Å². The second kappa shape index (κ2) is 18.2. The number of benzene rings is 11. The van der Waals surface area contributed by atoms with Crippen LogP contribution in [0.15, 0.2) is 243 Å². The summed E-state index contributed by atoms with van der Waals surface area (Å²) < 4.78 is 2.39. The maximum atomic E-state index is 2.53. The third-order valence-electron chi connectivity index (χ3n) is 16.5. The molecule has 1 heterocycles. The summed E-state index contributed by atoms with van der Waals surface area (Å²) in [5, 5.41) is 4.94. The molecule has 2 nitrogen and oxygen atoms in total. The molecule has 0 amide bonds. The fourth-order valence-electron chi connectivity index (χ4n) is 12.4. The van der Waals surface area contributed by atoms with E-state index in [-0.39, 0.29) is 16.2 Å². The van der Waals surface area contributed by atoms with E-state index in [0.29, 0.717) is 0 Å². The molecule has 0 saturated carbocycles. The Morgan fingerprint density at radius 2 is 0.909 bits per heavy atom. The van der Waals surface area contributed by atoms with Crippen LogP contribution in [0.1, 0.15) is 77.6 Å². The fraction of sp³-hybridized carbons (Fsp3) is 0.147. The first kappa shape index (κ1) is 48.0. The van der Waals surface area contributed by atoms with Crippen molar-refractivity contribution in [1.82, 2.24) is 4.57 Å². The van der Waals surface area contributed by atoms with E-state index in [2.05, 4.69) is 308 Å². The Morgan fingerprint density at radius 3 is 1.65 bits per heavy atom. The van der Waals surface area contributed by atoms with Gasteiger partial charge in [-0.05, 0) is 149 Å². The van der Waals surface area contributed by atoms with Crippen molar-refractivity contribution in [2.24, 2.45) is 0 Å². The average Bonchev–Trinajstić information content (AvgIpc) is 4.12. The van der Waals surface area contributed by atoms with E-state index in [4.69, 9.17) is 0 Å². The molecule has 0 fully saturated rings. The van der Waals surface area contributed by atoms with Gasteiger partial charge in [-0.1, -0.05) is 237 Å². The number of anilines is 3. The van der Waals surface area contributed by atoms with E-state index >= 15 is 0 Å². The molecule has 0 radical (unpaired) electrons. The van der Waals surface area contributed by atoms with Crippen LogP contribution < -0.4 is 4.90 Å². The number of rotatable bonds is 8. The predicted octanol–water partition coefficient (Wildman–Crippen LogP) is 21.0. The van der Waals surface area contributed by atoms with Crippen molar-refractivity contribution in [2.45, 2.75) is 71.6 Å². The second-order valence-corrected chi connectivity index (χ2v) is 23.8. The highest BCUT2D eigenvalue weighted by Crippen LogP contribution is 2.52. The van der Waals surface area contributed by atoms with Gasteiger partial charge in [-0.3, -0.25) is 0 Å². The minimum Gasteiger partial charge on any atom is -0.309 e. The SMILES string of the molecule is CC(C)(C)c1cc(-c2cccc3cccc(-c4ccccc4N(c4cccc(-c5ccc6c(c5)c5ccccc5n6-c5ccccc5)c4)c4ccccc4-c4ccc5c(c4)C(C)(C)c4ccccc4-5)c23)cc(C(C)(C)C)c1. The number of para-hydroxylation sites is 4. The van der Waals surface area contributed by atoms with E-state index in [1.807, 2.05) is 0 Å². The molecule has 1 aliphatic rings. The monoisotopic (exact) mass is 993 g/mol. The lowest BCUT2D eigenvalue weighted by atomic mass is 9.78. The summed E-state index contributed by atoms with van der Waals surface area (Å²) in [7, 11) is 0. The maximum absolute atomic E-state index is 2.53. The summed E-state index contributed by atoms with van der Waals surface area (Å²) in [6, 6.07) is 90.9. The molecular formula is C75H64N2. The average molecular weight is 993 g/mol. The van der Waals surface area contributed by atoms with E-state index < -0.39 is 0 Å². The van der Waals surface area contributed by atoms with Gasteiger partial charge in [0.05, 0.1) is 22.4 Å². The first-order valence-electron chi connectivity index (χ1n) is 27.3. The van der Waals surface area contributed by atoms with E-state index in [1.165, 1.54) is 99.3 Å². The highest BCUT2D eigenvalue weighted by Gasteiger charge is 2.36. The van der Waals surface area contributed by atoms with Gasteiger partial charge in [0, 0.05) is 38.7 Å². The number of fused-ring (bicyclic) bond motifs is 7. The van der Waals surface area contributed by atoms with E-state index in [9.17, 15) is 0 Å². The van der Waals surface area contributed by atoms with Crippen LogP contribution in [0, 0.1) is 0 Å². The Kier molecular flexibility index (Phi) is 11.4. The van der Waals surface area contributed by atoms with Crippen LogP contribution in [-0.4, -0.2) is 4.57 Å². The molecule has 0 saturated heterocycles. The van der Waals surface area contributed by atoms with Crippen molar-refractivity contribution in [2.75, 3.05) is 4.90 Å². The molecule has 1 aromatic heterocycles. The van der Waals surface area contributed by atoms with Crippen molar-refractivity contribution < 1.29 is 0 Å². The Labute approximate surface area is 454 Å². The molecule has 0 spiro atoms. The highest BCUT2D eigenvalue weighted by molar-refractivity contribution is 6.11. The lowest BCUT2D eigenvalue weighted by molar-refractivity contribution is 0.569. The first-order valence-corrected chi connectivity index (χ1v) is 27.3. The topological polar surface area (TPSA) is 8.17 Å². The van der Waals surface area contributed by atoms with Crippen LogP contribution in [0.5, 0.6) is 0 Å². The lowest BCUT2D eigenvalue weighted by Crippen LogP contribution is -2.16. The molecule has 0 N–H and O–H groups in total. The largest absolute Gasteiger partial charge is 0.309 e. The van der Waals surface area contributed by atoms with Crippen molar-refractivity contribution in [1.29, 1.82) is 0 Å². The maximum Gasteiger partial charge on any atom is 0.0541 e. The van der Waals surface area contributed by atoms with Gasteiger partial charge in [-0.25, -0.2) is 0 Å². The van der Waals surface area contributed by atoms with Gasteiger partial charge in [-0.15, -0.1) is 0 Å². The van der Waals surface area contributed by atoms with Crippen LogP contribution in [0.3, 0.4) is 0 Å². The molecule has 0 aliphatic heterocycles. The molecule has 11 aromatic carbocycles. The first-order chi connectivity index (χ1) is 37.2. The number of nitrogens with zero attached hydrogens (tertiary/aromatic N) is 2. The third kappa shape index (κ3) is 8.17. The quantitative estimate of drug-likeness (QED) is 0.147. The zero-order valence-corrected chi connectivity index (χ0v) is 45.5. The van der Waals surface area contributed by atoms with Gasteiger partial charge < -0.3 is 9.47 Å². The molecule has 0 unspecified atom stereocenters. The zero-order valence-electron chi connectivity index (χ0n) is 45.5. The minimum absolute atomic E-state index is 0.0240. The van der Waals surface area contributed by atoms with Crippen LogP contribution in [0.25, 0.3) is 93.9 Å². The van der Waals surface area contributed by atoms with Crippen LogP contribution >= 0.6 is 0 Å². The summed E-state index contributed by atoms with van der Waals surface area (Å²) in [5.41, 5.74) is 24.3. The molecule has 12 aromatic rings. The Hall–Kier alpha value is -8.72. The third-order valence-corrected chi connectivity index (χ3v) is 16.5. The summed E-state index contributed by atoms with van der Waals surface area (Å²) in [6.45, 7) is 18.7. The summed E-state index contributed by atoms with van der Waals surface area (Å²) >= 11 is 0. The van der Waals surface area contributed by atoms with Crippen molar-refractivity contribution >= 4 is 49.6 Å². The van der Waals surface area contributed by atoms with Gasteiger partial charge in [0.15, 0.2) is 0 Å². The Balaban J connectivity index is 1.03. The summed E-state index contributed by atoms with van der Waals surface area (Å²) in [6.07, 6.45) is 0. The second-order valence-electron chi connectivity index (χ2n) is 23.8. The number of hydrogen-bond donors (Lipinski definition) is 0. The van der Waals surface area contributed by atoms with Crippen LogP contribution in [0.4, 0.5) is 17.1 Å². The number of hydrogen-bond acceptors (Lipinski definition) is 1. The molecule has 13 rings (SSSR count). The van der Waals surface area contributed by atoms with Gasteiger partial charge in [0.2, 0.25) is 0 Å². The Bertz CT molecular complexity index is 4230. The molecule has 77 heavy (non-hydrogen) atoms. The van der Waals surface area contributed by atoms with E-state index in [1.54, 1.807) is 0 Å². The fourth-order valence-corrected chi connectivity index (χ4v) is 12.4.